The van der Waals surface area contributed by atoms with Crippen molar-refractivity contribution < 1.29 is 9.53 Å². The molecule has 1 amide bonds. The van der Waals surface area contributed by atoms with Crippen LogP contribution in [0.3, 0.4) is 0 Å². The number of hydrogen-bond acceptors (Lipinski definition) is 4. The number of amides is 1. The lowest BCUT2D eigenvalue weighted by Gasteiger charge is -2.27. The minimum Gasteiger partial charge on any atom is -0.480 e. The topological polar surface area (TPSA) is 41.6 Å². The van der Waals surface area contributed by atoms with Crippen molar-refractivity contribution >= 4 is 39.3 Å². The van der Waals surface area contributed by atoms with Crippen LogP contribution in [0.1, 0.15) is 23.6 Å². The number of benzene rings is 2. The molecule has 1 saturated heterocycles. The van der Waals surface area contributed by atoms with E-state index in [9.17, 15) is 4.79 Å². The Hall–Kier alpha value is -1.50. The zero-order chi connectivity index (χ0) is 20.1. The fourth-order valence-corrected chi connectivity index (χ4v) is 4.74. The predicted octanol–water partition coefficient (Wildman–Crippen LogP) is 5.02. The number of thioether (sulfide) groups is 1. The van der Waals surface area contributed by atoms with Crippen LogP contribution >= 0.6 is 27.7 Å². The van der Waals surface area contributed by atoms with Crippen LogP contribution in [0, 0.1) is 13.8 Å². The summed E-state index contributed by atoms with van der Waals surface area (Å²) in [6, 6.07) is 11.9. The lowest BCUT2D eigenvalue weighted by atomic mass is 10.1. The summed E-state index contributed by atoms with van der Waals surface area (Å²) in [7, 11) is 0. The van der Waals surface area contributed by atoms with Gasteiger partial charge in [-0.2, -0.15) is 11.8 Å². The van der Waals surface area contributed by atoms with Gasteiger partial charge in [0, 0.05) is 36.8 Å². The van der Waals surface area contributed by atoms with Crippen LogP contribution in [0.25, 0.3) is 0 Å². The number of carbonyl (C=O) groups excluding carboxylic acids is 1. The van der Waals surface area contributed by atoms with Crippen LogP contribution in [0.4, 0.5) is 5.69 Å². The predicted molar refractivity (Wildman–Crippen MR) is 121 cm³/mol. The summed E-state index contributed by atoms with van der Waals surface area (Å²) < 4.78 is 6.71. The lowest BCUT2D eigenvalue weighted by molar-refractivity contribution is -0.122. The Morgan fingerprint density at radius 2 is 2.00 bits per heavy atom. The Labute approximate surface area is 180 Å². The van der Waals surface area contributed by atoms with E-state index in [1.54, 1.807) is 6.92 Å². The Balaban J connectivity index is 1.65. The van der Waals surface area contributed by atoms with Gasteiger partial charge in [-0.3, -0.25) is 9.69 Å². The van der Waals surface area contributed by atoms with E-state index >= 15 is 0 Å². The Bertz CT molecular complexity index is 837. The van der Waals surface area contributed by atoms with Gasteiger partial charge in [0.05, 0.1) is 4.47 Å². The van der Waals surface area contributed by atoms with Gasteiger partial charge in [-0.15, -0.1) is 0 Å². The molecule has 1 aliphatic rings. The standard InChI is InChI=1S/C22H27BrN2O2S/c1-15-7-8-21(19(23)13-15)27-17(3)22(26)24-20-6-4-5-18(16(20)2)14-25-9-11-28-12-10-25/h4-8,13,17H,9-12,14H2,1-3H3,(H,24,26). The molecular formula is C22H27BrN2O2S. The van der Waals surface area contributed by atoms with E-state index in [-0.39, 0.29) is 5.91 Å². The van der Waals surface area contributed by atoms with Crippen LogP contribution in [0.5, 0.6) is 5.75 Å². The molecule has 3 rings (SSSR count). The monoisotopic (exact) mass is 462 g/mol. The summed E-state index contributed by atoms with van der Waals surface area (Å²) in [6.07, 6.45) is -0.596. The maximum absolute atomic E-state index is 12.7. The Morgan fingerprint density at radius 1 is 1.25 bits per heavy atom. The van der Waals surface area contributed by atoms with Crippen LogP contribution in [-0.4, -0.2) is 41.5 Å². The minimum absolute atomic E-state index is 0.151. The number of nitrogens with zero attached hydrogens (tertiary/aromatic N) is 1. The molecule has 0 spiro atoms. The second-order valence-electron chi connectivity index (χ2n) is 7.16. The maximum atomic E-state index is 12.7. The maximum Gasteiger partial charge on any atom is 0.265 e. The van der Waals surface area contributed by atoms with Gasteiger partial charge in [-0.25, -0.2) is 0 Å². The highest BCUT2D eigenvalue weighted by atomic mass is 79.9. The molecule has 0 bridgehead atoms. The Kier molecular flexibility index (Phi) is 7.43. The van der Waals surface area contributed by atoms with Gasteiger partial charge in [-0.05, 0) is 71.6 Å². The molecule has 0 saturated carbocycles. The van der Waals surface area contributed by atoms with Gasteiger partial charge >= 0.3 is 0 Å². The highest BCUT2D eigenvalue weighted by Crippen LogP contribution is 2.27. The normalized spacial score (nSPS) is 15.9. The van der Waals surface area contributed by atoms with Crippen molar-refractivity contribution in [3.63, 3.8) is 0 Å². The molecular weight excluding hydrogens is 436 g/mol. The first-order valence-electron chi connectivity index (χ1n) is 9.56. The number of aryl methyl sites for hydroxylation is 1. The SMILES string of the molecule is Cc1ccc(OC(C)C(=O)Nc2cccc(CN3CCSCC3)c2C)c(Br)c1. The highest BCUT2D eigenvalue weighted by molar-refractivity contribution is 9.10. The first-order valence-corrected chi connectivity index (χ1v) is 11.5. The van der Waals surface area contributed by atoms with Gasteiger partial charge in [0.1, 0.15) is 5.75 Å². The quantitative estimate of drug-likeness (QED) is 0.653. The molecule has 1 atom stereocenters. The summed E-state index contributed by atoms with van der Waals surface area (Å²) in [4.78, 5) is 15.2. The van der Waals surface area contributed by atoms with Crippen molar-refractivity contribution in [2.24, 2.45) is 0 Å². The third-order valence-corrected chi connectivity index (χ3v) is 6.52. The molecule has 6 heteroatoms. The van der Waals surface area contributed by atoms with Crippen LogP contribution < -0.4 is 10.1 Å². The highest BCUT2D eigenvalue weighted by Gasteiger charge is 2.18. The number of nitrogens with one attached hydrogen (secondary N) is 1. The van der Waals surface area contributed by atoms with Crippen molar-refractivity contribution in [3.05, 3.63) is 57.6 Å². The average molecular weight is 463 g/mol. The van der Waals surface area contributed by atoms with Crippen LogP contribution in [-0.2, 0) is 11.3 Å². The Morgan fingerprint density at radius 3 is 2.71 bits per heavy atom. The first-order chi connectivity index (χ1) is 13.4. The molecule has 1 unspecified atom stereocenters. The third-order valence-electron chi connectivity index (χ3n) is 4.96. The summed E-state index contributed by atoms with van der Waals surface area (Å²) in [5, 5.41) is 3.04. The molecule has 28 heavy (non-hydrogen) atoms. The van der Waals surface area contributed by atoms with E-state index in [0.717, 1.165) is 40.9 Å². The van der Waals surface area contributed by atoms with E-state index in [4.69, 9.17) is 4.74 Å². The molecule has 0 aliphatic carbocycles. The summed E-state index contributed by atoms with van der Waals surface area (Å²) >= 11 is 5.51. The summed E-state index contributed by atoms with van der Waals surface area (Å²) in [5.74, 6) is 2.90. The minimum atomic E-state index is -0.596. The number of ether oxygens (including phenoxy) is 1. The number of hydrogen-bond donors (Lipinski definition) is 1. The molecule has 1 heterocycles. The van der Waals surface area contributed by atoms with E-state index in [0.29, 0.717) is 5.75 Å². The second-order valence-corrected chi connectivity index (χ2v) is 9.24. The number of halogens is 1. The van der Waals surface area contributed by atoms with E-state index in [2.05, 4.69) is 39.1 Å². The van der Waals surface area contributed by atoms with Gasteiger partial charge in [0.15, 0.2) is 6.10 Å². The third kappa shape index (κ3) is 5.52. The van der Waals surface area contributed by atoms with Crippen molar-refractivity contribution in [2.75, 3.05) is 29.9 Å². The molecule has 2 aromatic carbocycles. The molecule has 0 aromatic heterocycles. The smallest absolute Gasteiger partial charge is 0.265 e. The first kappa shape index (κ1) is 21.2. The van der Waals surface area contributed by atoms with E-state index in [1.165, 1.54) is 17.1 Å². The van der Waals surface area contributed by atoms with Gasteiger partial charge in [0.2, 0.25) is 0 Å². The molecule has 1 aliphatic heterocycles. The van der Waals surface area contributed by atoms with Crippen molar-refractivity contribution in [1.29, 1.82) is 0 Å². The van der Waals surface area contributed by atoms with Gasteiger partial charge < -0.3 is 10.1 Å². The molecule has 1 fully saturated rings. The van der Waals surface area contributed by atoms with Gasteiger partial charge in [0.25, 0.3) is 5.91 Å². The molecule has 1 N–H and O–H groups in total. The fourth-order valence-electron chi connectivity index (χ4n) is 3.17. The molecule has 150 valence electrons. The zero-order valence-electron chi connectivity index (χ0n) is 16.6. The summed E-state index contributed by atoms with van der Waals surface area (Å²) in [6.45, 7) is 9.04. The largest absolute Gasteiger partial charge is 0.480 e. The lowest BCUT2D eigenvalue weighted by Crippen LogP contribution is -2.32. The molecule has 0 radical (unpaired) electrons. The van der Waals surface area contributed by atoms with E-state index in [1.807, 2.05) is 49.0 Å². The van der Waals surface area contributed by atoms with Crippen LogP contribution in [0.2, 0.25) is 0 Å². The number of anilines is 1. The van der Waals surface area contributed by atoms with Crippen LogP contribution in [0.15, 0.2) is 40.9 Å². The van der Waals surface area contributed by atoms with Crippen molar-refractivity contribution in [1.82, 2.24) is 4.90 Å². The van der Waals surface area contributed by atoms with E-state index < -0.39 is 6.10 Å². The fraction of sp³-hybridized carbons (Fsp3) is 0.409. The number of carbonyl (C=O) groups is 1. The second kappa shape index (κ2) is 9.81. The zero-order valence-corrected chi connectivity index (χ0v) is 19.0. The number of rotatable bonds is 6. The molecule has 4 nitrogen and oxygen atoms in total. The van der Waals surface area contributed by atoms with Crippen molar-refractivity contribution in [2.45, 2.75) is 33.4 Å². The molecule has 2 aromatic rings. The summed E-state index contributed by atoms with van der Waals surface area (Å²) in [5.41, 5.74) is 4.38. The average Bonchev–Trinajstić information content (AvgIpc) is 2.68. The van der Waals surface area contributed by atoms with Gasteiger partial charge in [-0.1, -0.05) is 18.2 Å². The van der Waals surface area contributed by atoms with Crippen molar-refractivity contribution in [3.8, 4) is 5.75 Å².